The van der Waals surface area contributed by atoms with Crippen molar-refractivity contribution < 1.29 is 4.79 Å². The second kappa shape index (κ2) is 8.66. The van der Waals surface area contributed by atoms with Crippen LogP contribution in [0, 0.1) is 22.7 Å². The van der Waals surface area contributed by atoms with Gasteiger partial charge in [-0.2, -0.15) is 11.8 Å². The summed E-state index contributed by atoms with van der Waals surface area (Å²) >= 11 is 2.16. The highest BCUT2D eigenvalue weighted by Crippen LogP contribution is 2.68. The van der Waals surface area contributed by atoms with Crippen molar-refractivity contribution in [2.75, 3.05) is 13.1 Å². The van der Waals surface area contributed by atoms with Gasteiger partial charge < -0.3 is 10.6 Å². The molecule has 7 rings (SSSR count). The molecule has 0 radical (unpaired) electrons. The Labute approximate surface area is 215 Å². The molecule has 4 bridgehead atoms. The van der Waals surface area contributed by atoms with E-state index in [0.717, 1.165) is 44.5 Å². The monoisotopic (exact) mass is 488 g/mol. The summed E-state index contributed by atoms with van der Waals surface area (Å²) in [7, 11) is 0. The third kappa shape index (κ3) is 4.05. The van der Waals surface area contributed by atoms with E-state index < -0.39 is 0 Å². The lowest BCUT2D eigenvalue weighted by atomic mass is 9.42. The Kier molecular flexibility index (Phi) is 5.84. The number of hydrogen-bond acceptors (Lipinski definition) is 3. The zero-order valence-corrected chi connectivity index (χ0v) is 22.1. The summed E-state index contributed by atoms with van der Waals surface area (Å²) in [4.78, 5) is 16.6. The van der Waals surface area contributed by atoms with E-state index in [4.69, 9.17) is 5.73 Å². The molecule has 2 aromatic rings. The van der Waals surface area contributed by atoms with E-state index in [0.29, 0.717) is 23.0 Å². The number of carbonyl (C=O) groups excluding carboxylic acids is 1. The minimum absolute atomic E-state index is 0.0125. The highest BCUT2D eigenvalue weighted by Gasteiger charge is 2.64. The summed E-state index contributed by atoms with van der Waals surface area (Å²) in [6.45, 7) is 6.09. The SMILES string of the molecule is CC1(C)CN(C(=O)C23CC4CC(c5ccccc5)(CC(C2)C4SCc2ccccc2)C3)CC[C@@H]1N. The molecule has 2 N–H and O–H groups in total. The van der Waals surface area contributed by atoms with E-state index in [2.05, 4.69) is 91.2 Å². The average molecular weight is 489 g/mol. The quantitative estimate of drug-likeness (QED) is 0.560. The smallest absolute Gasteiger partial charge is 0.228 e. The second-order valence-corrected chi connectivity index (χ2v) is 14.0. The van der Waals surface area contributed by atoms with Gasteiger partial charge in [0.05, 0.1) is 5.41 Å². The van der Waals surface area contributed by atoms with Crippen LogP contribution in [0.3, 0.4) is 0 Å². The summed E-state index contributed by atoms with van der Waals surface area (Å²) in [6.07, 6.45) is 6.59. The molecule has 1 aliphatic heterocycles. The Bertz CT molecular complexity index is 1050. The van der Waals surface area contributed by atoms with Crippen LogP contribution in [0.2, 0.25) is 0 Å². The maximum atomic E-state index is 14.4. The molecular formula is C31H40N2OS. The molecule has 3 nitrogen and oxygen atoms in total. The van der Waals surface area contributed by atoms with E-state index >= 15 is 0 Å². The number of thioether (sulfide) groups is 1. The van der Waals surface area contributed by atoms with Gasteiger partial charge in [0.15, 0.2) is 0 Å². The molecule has 2 unspecified atom stereocenters. The third-order valence-electron chi connectivity index (χ3n) is 9.94. The Morgan fingerprint density at radius 2 is 1.60 bits per heavy atom. The predicted molar refractivity (Wildman–Crippen MR) is 145 cm³/mol. The van der Waals surface area contributed by atoms with Crippen LogP contribution in [0.4, 0.5) is 0 Å². The van der Waals surface area contributed by atoms with Crippen LogP contribution in [0.5, 0.6) is 0 Å². The summed E-state index contributed by atoms with van der Waals surface area (Å²) < 4.78 is 0. The van der Waals surface area contributed by atoms with Gasteiger partial charge in [-0.15, -0.1) is 0 Å². The molecule has 1 heterocycles. The average Bonchev–Trinajstić information content (AvgIpc) is 2.85. The molecule has 5 aliphatic rings. The van der Waals surface area contributed by atoms with Crippen molar-refractivity contribution >= 4 is 17.7 Å². The van der Waals surface area contributed by atoms with Gasteiger partial charge >= 0.3 is 0 Å². The van der Waals surface area contributed by atoms with Crippen molar-refractivity contribution in [1.82, 2.24) is 4.90 Å². The van der Waals surface area contributed by atoms with Gasteiger partial charge in [-0.1, -0.05) is 74.5 Å². The Morgan fingerprint density at radius 1 is 0.971 bits per heavy atom. The molecule has 4 saturated carbocycles. The van der Waals surface area contributed by atoms with Crippen molar-refractivity contribution in [3.05, 3.63) is 71.8 Å². The molecule has 0 aromatic heterocycles. The van der Waals surface area contributed by atoms with Crippen molar-refractivity contribution in [1.29, 1.82) is 0 Å². The predicted octanol–water partition coefficient (Wildman–Crippen LogP) is 6.02. The standard InChI is InChI=1S/C31H40N2OS/c1-29(2)21-33(14-13-26(29)32)28(34)31-17-23-15-30(20-31,25-11-7-4-8-12-25)16-24(18-31)27(23)35-19-22-9-5-3-6-10-22/h3-12,23-24,26-27H,13-21,32H2,1-2H3/t23?,24?,26-,27?,30?,31?/m0/s1. The first kappa shape index (κ1) is 23.6. The Hall–Kier alpha value is -1.78. The molecule has 4 heteroatoms. The molecule has 4 aliphatic carbocycles. The maximum absolute atomic E-state index is 14.4. The lowest BCUT2D eigenvalue weighted by Gasteiger charge is -2.65. The molecule has 0 spiro atoms. The molecule has 35 heavy (non-hydrogen) atoms. The fourth-order valence-electron chi connectivity index (χ4n) is 8.41. The van der Waals surface area contributed by atoms with E-state index in [1.54, 1.807) is 0 Å². The minimum atomic E-state index is -0.191. The summed E-state index contributed by atoms with van der Waals surface area (Å²) in [6, 6.07) is 22.3. The van der Waals surface area contributed by atoms with E-state index in [-0.39, 0.29) is 22.3 Å². The first-order chi connectivity index (χ1) is 16.8. The number of rotatable bonds is 5. The van der Waals surface area contributed by atoms with Crippen LogP contribution in [-0.4, -0.2) is 35.2 Å². The first-order valence-corrected chi connectivity index (χ1v) is 14.6. The molecule has 5 fully saturated rings. The molecule has 3 atom stereocenters. The van der Waals surface area contributed by atoms with Gasteiger partial charge in [0.2, 0.25) is 5.91 Å². The second-order valence-electron chi connectivity index (χ2n) is 12.8. The lowest BCUT2D eigenvalue weighted by molar-refractivity contribution is -0.162. The Balaban J connectivity index is 1.30. The zero-order valence-electron chi connectivity index (χ0n) is 21.3. The number of likely N-dealkylation sites (tertiary alicyclic amines) is 1. The molecule has 2 aromatic carbocycles. The minimum Gasteiger partial charge on any atom is -0.342 e. The number of piperidine rings is 1. The van der Waals surface area contributed by atoms with E-state index in [1.165, 1.54) is 24.0 Å². The van der Waals surface area contributed by atoms with Crippen LogP contribution < -0.4 is 5.73 Å². The number of nitrogens with two attached hydrogens (primary N) is 1. The van der Waals surface area contributed by atoms with Crippen LogP contribution >= 0.6 is 11.8 Å². The third-order valence-corrected chi connectivity index (χ3v) is 11.6. The van der Waals surface area contributed by atoms with Crippen molar-refractivity contribution in [2.45, 2.75) is 74.8 Å². The highest BCUT2D eigenvalue weighted by molar-refractivity contribution is 7.99. The molecule has 1 amide bonds. The number of carbonyl (C=O) groups is 1. The number of hydrogen-bond donors (Lipinski definition) is 1. The van der Waals surface area contributed by atoms with Gasteiger partial charge in [0.25, 0.3) is 0 Å². The number of nitrogens with zero attached hydrogens (tertiary/aromatic N) is 1. The van der Waals surface area contributed by atoms with Gasteiger partial charge in [-0.3, -0.25) is 4.79 Å². The molecular weight excluding hydrogens is 448 g/mol. The van der Waals surface area contributed by atoms with Gasteiger partial charge in [0, 0.05) is 30.1 Å². The normalized spacial score (nSPS) is 37.4. The fourth-order valence-corrected chi connectivity index (χ4v) is 9.91. The van der Waals surface area contributed by atoms with Crippen LogP contribution in [0.25, 0.3) is 0 Å². The highest BCUT2D eigenvalue weighted by atomic mass is 32.2. The largest absolute Gasteiger partial charge is 0.342 e. The number of amides is 1. The van der Waals surface area contributed by atoms with Crippen LogP contribution in [0.15, 0.2) is 60.7 Å². The Morgan fingerprint density at radius 3 is 2.23 bits per heavy atom. The zero-order chi connectivity index (χ0) is 24.3. The van der Waals surface area contributed by atoms with E-state index in [1.807, 2.05) is 0 Å². The first-order valence-electron chi connectivity index (χ1n) is 13.6. The molecule has 1 saturated heterocycles. The van der Waals surface area contributed by atoms with Crippen LogP contribution in [-0.2, 0) is 16.0 Å². The number of benzene rings is 2. The van der Waals surface area contributed by atoms with Gasteiger partial charge in [-0.25, -0.2) is 0 Å². The topological polar surface area (TPSA) is 46.3 Å². The van der Waals surface area contributed by atoms with Crippen molar-refractivity contribution in [3.63, 3.8) is 0 Å². The van der Waals surface area contributed by atoms with Gasteiger partial charge in [0.1, 0.15) is 0 Å². The lowest BCUT2D eigenvalue weighted by Crippen LogP contribution is -2.65. The van der Waals surface area contributed by atoms with Crippen LogP contribution in [0.1, 0.15) is 63.5 Å². The molecule has 186 valence electrons. The van der Waals surface area contributed by atoms with E-state index in [9.17, 15) is 4.79 Å². The summed E-state index contributed by atoms with van der Waals surface area (Å²) in [5.41, 5.74) is 9.28. The van der Waals surface area contributed by atoms with Crippen molar-refractivity contribution in [2.24, 2.45) is 28.4 Å². The maximum Gasteiger partial charge on any atom is 0.228 e. The van der Waals surface area contributed by atoms with Gasteiger partial charge in [-0.05, 0) is 72.3 Å². The van der Waals surface area contributed by atoms with Crippen molar-refractivity contribution in [3.8, 4) is 0 Å². The summed E-state index contributed by atoms with van der Waals surface area (Å²) in [5, 5.41) is 0.666. The fraction of sp³-hybridized carbons (Fsp3) is 0.581. The summed E-state index contributed by atoms with van der Waals surface area (Å²) in [5.74, 6) is 2.76.